The fourth-order valence-corrected chi connectivity index (χ4v) is 6.55. The van der Waals surface area contributed by atoms with E-state index in [2.05, 4.69) is 74.3 Å². The highest BCUT2D eigenvalue weighted by Crippen LogP contribution is 2.46. The smallest absolute Gasteiger partial charge is 0.309 e. The van der Waals surface area contributed by atoms with Crippen LogP contribution in [0.5, 0.6) is 0 Å². The molecule has 0 aromatic heterocycles. The number of rotatable bonds is 11. The number of ether oxygens (including phenoxy) is 1. The molecule has 35 heavy (non-hydrogen) atoms. The van der Waals surface area contributed by atoms with Gasteiger partial charge in [0.25, 0.3) is 0 Å². The average molecular weight is 469 g/mol. The largest absolute Gasteiger partial charge is 0.464 e. The number of esters is 1. The topological polar surface area (TPSA) is 26.3 Å². The molecule has 0 saturated heterocycles. The normalized spacial score (nSPS) is 22.3. The number of hydrogen-bond acceptors (Lipinski definition) is 2. The lowest BCUT2D eigenvalue weighted by molar-refractivity contribution is -0.152. The van der Waals surface area contributed by atoms with Gasteiger partial charge in [0.2, 0.25) is 0 Å². The van der Waals surface area contributed by atoms with Gasteiger partial charge in [0, 0.05) is 5.92 Å². The molecular formula is C33H40O2. The Labute approximate surface area is 211 Å². The molecule has 2 heteroatoms. The first-order valence-corrected chi connectivity index (χ1v) is 13.4. The molecule has 2 aromatic carbocycles. The van der Waals surface area contributed by atoms with Crippen LogP contribution in [0.2, 0.25) is 0 Å². The first-order chi connectivity index (χ1) is 17.2. The zero-order valence-corrected chi connectivity index (χ0v) is 21.0. The van der Waals surface area contributed by atoms with Gasteiger partial charge in [-0.25, -0.2) is 0 Å². The van der Waals surface area contributed by atoms with Gasteiger partial charge >= 0.3 is 5.97 Å². The number of carbonyl (C=O) groups is 1. The minimum absolute atomic E-state index is 0.0145. The molecular weight excluding hydrogens is 428 g/mol. The fraction of sp³-hybridized carbons (Fsp3) is 0.424. The summed E-state index contributed by atoms with van der Waals surface area (Å²) < 4.78 is 6.18. The van der Waals surface area contributed by atoms with Crippen molar-refractivity contribution in [2.75, 3.05) is 6.61 Å². The minimum Gasteiger partial charge on any atom is -0.464 e. The Morgan fingerprint density at radius 3 is 2.17 bits per heavy atom. The third-order valence-electron chi connectivity index (χ3n) is 8.29. The van der Waals surface area contributed by atoms with Gasteiger partial charge in [-0.1, -0.05) is 79.6 Å². The van der Waals surface area contributed by atoms with Crippen LogP contribution in [0.3, 0.4) is 0 Å². The molecule has 0 N–H and O–H groups in total. The van der Waals surface area contributed by atoms with Crippen molar-refractivity contribution in [1.29, 1.82) is 0 Å². The van der Waals surface area contributed by atoms with Gasteiger partial charge in [0.05, 0.1) is 5.92 Å². The second kappa shape index (κ2) is 12.2. The summed E-state index contributed by atoms with van der Waals surface area (Å²) >= 11 is 0. The molecule has 0 bridgehead atoms. The molecule has 4 atom stereocenters. The SMILES string of the molecule is C=CCCC(C=C)C1CCCCC(C(=O)OCC2c3ccccc3-c3ccccc32)C1CCC=C. The maximum absolute atomic E-state index is 13.7. The summed E-state index contributed by atoms with van der Waals surface area (Å²) in [6.07, 6.45) is 14.4. The van der Waals surface area contributed by atoms with E-state index in [1.165, 1.54) is 28.7 Å². The van der Waals surface area contributed by atoms with E-state index in [1.807, 2.05) is 12.2 Å². The molecule has 0 spiro atoms. The molecule has 1 saturated carbocycles. The van der Waals surface area contributed by atoms with Crippen molar-refractivity contribution in [2.45, 2.75) is 57.3 Å². The standard InChI is InChI=1S/C33H40O2/c1-4-7-15-24(6-3)25-17-9-14-22-31(26(25)16-8-5-2)33(34)35-23-32-29-20-12-10-18-27(29)28-19-11-13-21-30(28)32/h4-6,10-13,18-21,24-26,31-32H,1-3,7-9,14-17,22-23H2. The summed E-state index contributed by atoms with van der Waals surface area (Å²) in [5.41, 5.74) is 5.05. The summed E-state index contributed by atoms with van der Waals surface area (Å²) in [5, 5.41) is 0. The van der Waals surface area contributed by atoms with E-state index in [9.17, 15) is 4.79 Å². The second-order valence-electron chi connectivity index (χ2n) is 10.2. The highest BCUT2D eigenvalue weighted by atomic mass is 16.5. The van der Waals surface area contributed by atoms with Crippen molar-refractivity contribution < 1.29 is 9.53 Å². The summed E-state index contributed by atoms with van der Waals surface area (Å²) in [6, 6.07) is 17.0. The Morgan fingerprint density at radius 2 is 1.54 bits per heavy atom. The van der Waals surface area contributed by atoms with Gasteiger partial charge in [-0.15, -0.1) is 19.7 Å². The van der Waals surface area contributed by atoms with Crippen LogP contribution in [0.1, 0.15) is 68.4 Å². The number of benzene rings is 2. The first kappa shape index (κ1) is 25.2. The summed E-state index contributed by atoms with van der Waals surface area (Å²) in [6.45, 7) is 12.4. The van der Waals surface area contributed by atoms with E-state index in [-0.39, 0.29) is 17.8 Å². The van der Waals surface area contributed by atoms with E-state index in [4.69, 9.17) is 4.74 Å². The Kier molecular flexibility index (Phi) is 8.79. The molecule has 184 valence electrons. The predicted molar refractivity (Wildman–Crippen MR) is 146 cm³/mol. The van der Waals surface area contributed by atoms with Crippen LogP contribution >= 0.6 is 0 Å². The quantitative estimate of drug-likeness (QED) is 0.188. The highest BCUT2D eigenvalue weighted by molar-refractivity contribution is 5.79. The van der Waals surface area contributed by atoms with Crippen molar-refractivity contribution in [1.82, 2.24) is 0 Å². The van der Waals surface area contributed by atoms with Crippen molar-refractivity contribution in [3.63, 3.8) is 0 Å². The Bertz CT molecular complexity index is 989. The van der Waals surface area contributed by atoms with Gasteiger partial charge in [-0.05, 0) is 78.5 Å². The molecule has 0 heterocycles. The van der Waals surface area contributed by atoms with Gasteiger partial charge in [0.1, 0.15) is 6.61 Å². The lowest BCUT2D eigenvalue weighted by Crippen LogP contribution is -2.33. The van der Waals surface area contributed by atoms with Crippen LogP contribution in [0.15, 0.2) is 86.5 Å². The molecule has 2 aromatic rings. The maximum atomic E-state index is 13.7. The Balaban J connectivity index is 1.53. The van der Waals surface area contributed by atoms with Crippen LogP contribution in [0.4, 0.5) is 0 Å². The molecule has 0 aliphatic heterocycles. The molecule has 0 radical (unpaired) electrons. The van der Waals surface area contributed by atoms with E-state index in [0.717, 1.165) is 44.9 Å². The average Bonchev–Trinajstić information content (AvgIpc) is 3.05. The van der Waals surface area contributed by atoms with Gasteiger partial charge in [0.15, 0.2) is 0 Å². The second-order valence-corrected chi connectivity index (χ2v) is 10.2. The molecule has 4 rings (SSSR count). The fourth-order valence-electron chi connectivity index (χ4n) is 6.55. The van der Waals surface area contributed by atoms with Crippen LogP contribution in [-0.4, -0.2) is 12.6 Å². The zero-order chi connectivity index (χ0) is 24.6. The van der Waals surface area contributed by atoms with Crippen LogP contribution in [-0.2, 0) is 9.53 Å². The van der Waals surface area contributed by atoms with Gasteiger partial charge < -0.3 is 4.74 Å². The van der Waals surface area contributed by atoms with Crippen molar-refractivity contribution in [2.24, 2.45) is 23.7 Å². The number of carbonyl (C=O) groups excluding carboxylic acids is 1. The number of allylic oxidation sites excluding steroid dienone is 3. The third-order valence-corrected chi connectivity index (χ3v) is 8.29. The van der Waals surface area contributed by atoms with E-state index in [1.54, 1.807) is 0 Å². The number of fused-ring (bicyclic) bond motifs is 3. The minimum atomic E-state index is -0.0551. The highest BCUT2D eigenvalue weighted by Gasteiger charge is 2.39. The van der Waals surface area contributed by atoms with E-state index < -0.39 is 0 Å². The zero-order valence-electron chi connectivity index (χ0n) is 21.0. The van der Waals surface area contributed by atoms with Crippen LogP contribution < -0.4 is 0 Å². The predicted octanol–water partition coefficient (Wildman–Crippen LogP) is 8.50. The van der Waals surface area contributed by atoms with Crippen molar-refractivity contribution in [3.05, 3.63) is 97.6 Å². The summed E-state index contributed by atoms with van der Waals surface area (Å²) in [7, 11) is 0. The summed E-state index contributed by atoms with van der Waals surface area (Å²) in [4.78, 5) is 13.7. The first-order valence-electron chi connectivity index (χ1n) is 13.4. The van der Waals surface area contributed by atoms with E-state index in [0.29, 0.717) is 24.4 Å². The summed E-state index contributed by atoms with van der Waals surface area (Å²) in [5.74, 6) is 1.21. The molecule has 2 aliphatic carbocycles. The molecule has 4 unspecified atom stereocenters. The van der Waals surface area contributed by atoms with Crippen molar-refractivity contribution in [3.8, 4) is 11.1 Å². The third kappa shape index (κ3) is 5.53. The molecule has 0 amide bonds. The van der Waals surface area contributed by atoms with Crippen LogP contribution in [0, 0.1) is 23.7 Å². The van der Waals surface area contributed by atoms with Gasteiger partial charge in [-0.2, -0.15) is 0 Å². The van der Waals surface area contributed by atoms with Crippen LogP contribution in [0.25, 0.3) is 11.1 Å². The number of hydrogen-bond donors (Lipinski definition) is 0. The van der Waals surface area contributed by atoms with Crippen molar-refractivity contribution >= 4 is 5.97 Å². The van der Waals surface area contributed by atoms with Gasteiger partial charge in [-0.3, -0.25) is 4.79 Å². The Hall–Kier alpha value is -2.87. The lowest BCUT2D eigenvalue weighted by Gasteiger charge is -2.35. The van der Waals surface area contributed by atoms with E-state index >= 15 is 0 Å². The molecule has 1 fully saturated rings. The Morgan fingerprint density at radius 1 is 0.914 bits per heavy atom. The lowest BCUT2D eigenvalue weighted by atomic mass is 9.70. The maximum Gasteiger partial charge on any atom is 0.309 e. The monoisotopic (exact) mass is 468 g/mol. The molecule has 2 aliphatic rings. The molecule has 2 nitrogen and oxygen atoms in total.